The Bertz CT molecular complexity index is 868. The average Bonchev–Trinajstić information content (AvgIpc) is 3.06. The van der Waals surface area contributed by atoms with E-state index in [0.717, 1.165) is 36.5 Å². The van der Waals surface area contributed by atoms with Gasteiger partial charge in [0.2, 0.25) is 0 Å². The van der Waals surface area contributed by atoms with E-state index in [9.17, 15) is 28.8 Å². The zero-order valence-electron chi connectivity index (χ0n) is 25.3. The SMILES string of the molecule is C=CC(=O)OCCCOCCCOC(=O)C=C.C=CC(=O)OCCOCCOC(=O)C=C.C=CC(=O)OCOCOC(=O)C=C. The summed E-state index contributed by atoms with van der Waals surface area (Å²) in [5.74, 6) is -3.04. The van der Waals surface area contributed by atoms with E-state index in [1.165, 1.54) is 0 Å². The topological polar surface area (TPSA) is 185 Å². The molecular weight excluding hydrogens is 600 g/mol. The van der Waals surface area contributed by atoms with Crippen molar-refractivity contribution in [2.75, 3.05) is 66.4 Å². The normalized spacial score (nSPS) is 9.07. The molecule has 0 N–H and O–H groups in total. The van der Waals surface area contributed by atoms with Crippen LogP contribution in [-0.4, -0.2) is 102 Å². The highest BCUT2D eigenvalue weighted by atomic mass is 16.8. The van der Waals surface area contributed by atoms with E-state index in [1.54, 1.807) is 0 Å². The molecule has 45 heavy (non-hydrogen) atoms. The first-order chi connectivity index (χ1) is 21.6. The molecular formula is C30H42O15. The molecule has 0 radical (unpaired) electrons. The van der Waals surface area contributed by atoms with Gasteiger partial charge < -0.3 is 42.6 Å². The molecule has 0 fully saturated rings. The third-order valence-electron chi connectivity index (χ3n) is 3.87. The molecule has 0 aliphatic heterocycles. The van der Waals surface area contributed by atoms with Crippen molar-refractivity contribution in [1.29, 1.82) is 0 Å². The number of hydrogen-bond acceptors (Lipinski definition) is 15. The van der Waals surface area contributed by atoms with Crippen molar-refractivity contribution in [3.8, 4) is 0 Å². The van der Waals surface area contributed by atoms with E-state index in [0.29, 0.717) is 39.3 Å². The van der Waals surface area contributed by atoms with Crippen LogP contribution in [0.15, 0.2) is 75.9 Å². The van der Waals surface area contributed by atoms with E-state index in [-0.39, 0.29) is 40.0 Å². The van der Waals surface area contributed by atoms with Crippen molar-refractivity contribution in [3.63, 3.8) is 0 Å². The third-order valence-corrected chi connectivity index (χ3v) is 3.87. The molecule has 0 atom stereocenters. The molecule has 0 rings (SSSR count). The van der Waals surface area contributed by atoms with Crippen LogP contribution in [0.2, 0.25) is 0 Å². The zero-order chi connectivity index (χ0) is 34.6. The van der Waals surface area contributed by atoms with Crippen LogP contribution in [0.25, 0.3) is 0 Å². The van der Waals surface area contributed by atoms with Crippen molar-refractivity contribution in [2.24, 2.45) is 0 Å². The Balaban J connectivity index is -0.000000593. The molecule has 0 spiro atoms. The minimum Gasteiger partial charge on any atom is -0.462 e. The number of carbonyl (C=O) groups is 6. The van der Waals surface area contributed by atoms with Gasteiger partial charge in [0, 0.05) is 62.5 Å². The lowest BCUT2D eigenvalue weighted by Gasteiger charge is -2.05. The standard InChI is InChI=1S/C12H18O5.C10H14O5.C8H10O5/c1-3-11(13)16-9-5-7-15-8-6-10-17-12(14)4-2;1-3-9(11)14-7-5-13-6-8-15-10(12)4-2;1-3-7(9)12-5-11-6-13-8(10)4-2/h3-4H,1-2,5-10H2;3-4H,1-2,5-8H2;3-4H,1-2,5-6H2. The summed E-state index contributed by atoms with van der Waals surface area (Å²) in [6.07, 6.45) is 7.65. The fourth-order valence-corrected chi connectivity index (χ4v) is 1.86. The summed E-state index contributed by atoms with van der Waals surface area (Å²) in [7, 11) is 0. The Morgan fingerprint density at radius 2 is 0.600 bits per heavy atom. The molecule has 0 aliphatic rings. The minimum absolute atomic E-state index is 0.153. The molecule has 0 saturated carbocycles. The van der Waals surface area contributed by atoms with E-state index < -0.39 is 35.8 Å². The van der Waals surface area contributed by atoms with Crippen molar-refractivity contribution >= 4 is 35.8 Å². The molecule has 0 amide bonds. The molecule has 0 aromatic rings. The number of carbonyl (C=O) groups excluding carboxylic acids is 6. The predicted octanol–water partition coefficient (Wildman–Crippen LogP) is 2.08. The summed E-state index contributed by atoms with van der Waals surface area (Å²) < 4.78 is 42.4. The molecule has 0 aromatic heterocycles. The molecule has 0 saturated heterocycles. The van der Waals surface area contributed by atoms with E-state index in [1.807, 2.05) is 0 Å². The quantitative estimate of drug-likeness (QED) is 0.0489. The first-order valence-electron chi connectivity index (χ1n) is 13.1. The highest BCUT2D eigenvalue weighted by Crippen LogP contribution is 1.91. The molecule has 0 aliphatic carbocycles. The maximum atomic E-state index is 10.6. The van der Waals surface area contributed by atoms with Gasteiger partial charge in [0.15, 0.2) is 13.6 Å². The van der Waals surface area contributed by atoms with Crippen LogP contribution in [0.4, 0.5) is 0 Å². The lowest BCUT2D eigenvalue weighted by molar-refractivity contribution is -0.170. The van der Waals surface area contributed by atoms with Gasteiger partial charge in [-0.05, 0) is 0 Å². The van der Waals surface area contributed by atoms with Crippen LogP contribution in [0.3, 0.4) is 0 Å². The van der Waals surface area contributed by atoms with Crippen molar-refractivity contribution < 1.29 is 71.4 Å². The summed E-state index contributed by atoms with van der Waals surface area (Å²) in [4.78, 5) is 63.2. The summed E-state index contributed by atoms with van der Waals surface area (Å²) in [5, 5.41) is 0. The van der Waals surface area contributed by atoms with Crippen LogP contribution in [-0.2, 0) is 71.4 Å². The minimum atomic E-state index is -0.602. The highest BCUT2D eigenvalue weighted by molar-refractivity contribution is 5.82. The Morgan fingerprint density at radius 1 is 0.333 bits per heavy atom. The van der Waals surface area contributed by atoms with Crippen molar-refractivity contribution in [1.82, 2.24) is 0 Å². The summed E-state index contributed by atoms with van der Waals surface area (Å²) in [6.45, 7) is 21.3. The van der Waals surface area contributed by atoms with Gasteiger partial charge in [-0.25, -0.2) is 28.8 Å². The second kappa shape index (κ2) is 35.3. The van der Waals surface area contributed by atoms with Gasteiger partial charge in [0.25, 0.3) is 0 Å². The van der Waals surface area contributed by atoms with Crippen molar-refractivity contribution in [2.45, 2.75) is 12.8 Å². The Kier molecular flexibility index (Phi) is 35.0. The molecule has 15 nitrogen and oxygen atoms in total. The second-order valence-corrected chi connectivity index (χ2v) is 7.19. The summed E-state index contributed by atoms with van der Waals surface area (Å²) >= 11 is 0. The molecule has 0 unspecified atom stereocenters. The number of rotatable bonds is 24. The number of ether oxygens (including phenoxy) is 9. The largest absolute Gasteiger partial charge is 0.462 e. The highest BCUT2D eigenvalue weighted by Gasteiger charge is 1.99. The van der Waals surface area contributed by atoms with Gasteiger partial charge in [0.1, 0.15) is 13.2 Å². The smallest absolute Gasteiger partial charge is 0.332 e. The zero-order valence-corrected chi connectivity index (χ0v) is 25.3. The van der Waals surface area contributed by atoms with Crippen LogP contribution in [0, 0.1) is 0 Å². The van der Waals surface area contributed by atoms with Gasteiger partial charge in [-0.3, -0.25) is 0 Å². The molecule has 0 heterocycles. The first-order valence-corrected chi connectivity index (χ1v) is 13.1. The maximum absolute atomic E-state index is 10.6. The molecule has 0 aromatic carbocycles. The lowest BCUT2D eigenvalue weighted by Crippen LogP contribution is -2.12. The Labute approximate surface area is 262 Å². The van der Waals surface area contributed by atoms with Gasteiger partial charge in [0.05, 0.1) is 26.4 Å². The number of hydrogen-bond donors (Lipinski definition) is 0. The predicted molar refractivity (Wildman–Crippen MR) is 159 cm³/mol. The molecule has 252 valence electrons. The average molecular weight is 643 g/mol. The molecule has 0 bridgehead atoms. The Hall–Kier alpha value is -4.86. The van der Waals surface area contributed by atoms with Crippen LogP contribution >= 0.6 is 0 Å². The van der Waals surface area contributed by atoms with Crippen LogP contribution in [0.1, 0.15) is 12.8 Å². The summed E-state index contributed by atoms with van der Waals surface area (Å²) in [5.41, 5.74) is 0. The summed E-state index contributed by atoms with van der Waals surface area (Å²) in [6, 6.07) is 0. The third kappa shape index (κ3) is 39.1. The van der Waals surface area contributed by atoms with Crippen LogP contribution in [0.5, 0.6) is 0 Å². The van der Waals surface area contributed by atoms with E-state index >= 15 is 0 Å². The Morgan fingerprint density at radius 3 is 0.911 bits per heavy atom. The second-order valence-electron chi connectivity index (χ2n) is 7.19. The first kappa shape index (κ1) is 44.6. The maximum Gasteiger partial charge on any atom is 0.332 e. The van der Waals surface area contributed by atoms with E-state index in [4.69, 9.17) is 18.9 Å². The molecule has 15 heteroatoms. The van der Waals surface area contributed by atoms with Gasteiger partial charge in [-0.1, -0.05) is 39.5 Å². The van der Waals surface area contributed by atoms with Crippen LogP contribution < -0.4 is 0 Å². The van der Waals surface area contributed by atoms with Gasteiger partial charge in [-0.2, -0.15) is 0 Å². The fraction of sp³-hybridized carbons (Fsp3) is 0.400. The van der Waals surface area contributed by atoms with Gasteiger partial charge >= 0.3 is 35.8 Å². The van der Waals surface area contributed by atoms with E-state index in [2.05, 4.69) is 63.2 Å². The van der Waals surface area contributed by atoms with Gasteiger partial charge in [-0.15, -0.1) is 0 Å². The lowest BCUT2D eigenvalue weighted by atomic mass is 10.4. The fourth-order valence-electron chi connectivity index (χ4n) is 1.86. The monoisotopic (exact) mass is 642 g/mol. The number of esters is 6. The van der Waals surface area contributed by atoms with Crippen molar-refractivity contribution in [3.05, 3.63) is 75.9 Å².